The smallest absolute Gasteiger partial charge is 0.234 e. The number of carbonyl (C=O) groups excluding carboxylic acids is 3. The minimum Gasteiger partial charge on any atom is -0.390 e. The van der Waals surface area contributed by atoms with E-state index in [9.17, 15) is 28.3 Å². The van der Waals surface area contributed by atoms with Crippen molar-refractivity contribution in [3.8, 4) is 11.8 Å². The van der Waals surface area contributed by atoms with E-state index in [0.29, 0.717) is 45.3 Å². The van der Waals surface area contributed by atoms with Crippen molar-refractivity contribution < 1.29 is 28.3 Å². The second-order valence-electron chi connectivity index (χ2n) is 13.8. The van der Waals surface area contributed by atoms with Crippen LogP contribution < -0.4 is 10.7 Å². The summed E-state index contributed by atoms with van der Waals surface area (Å²) in [6.45, 7) is 13.6. The third-order valence-electron chi connectivity index (χ3n) is 8.92. The van der Waals surface area contributed by atoms with Crippen molar-refractivity contribution in [2.24, 2.45) is 29.6 Å². The number of carbonyl (C=O) groups is 3. The van der Waals surface area contributed by atoms with E-state index in [-0.39, 0.29) is 73.6 Å². The number of aliphatic hydroxyl groups is 1. The van der Waals surface area contributed by atoms with Crippen LogP contribution in [0.25, 0.3) is 0 Å². The average molecular weight is 639 g/mol. The third-order valence-corrected chi connectivity index (χ3v) is 8.92. The third kappa shape index (κ3) is 13.6. The van der Waals surface area contributed by atoms with Gasteiger partial charge in [0.1, 0.15) is 12.3 Å². The molecule has 2 fully saturated rings. The first kappa shape index (κ1) is 38.9. The van der Waals surface area contributed by atoms with Crippen molar-refractivity contribution >= 4 is 17.7 Å². The Labute approximate surface area is 270 Å². The fourth-order valence-corrected chi connectivity index (χ4v) is 7.05. The molecule has 0 aromatic rings. The second-order valence-corrected chi connectivity index (χ2v) is 13.8. The summed E-state index contributed by atoms with van der Waals surface area (Å²) in [7, 11) is 0. The lowest BCUT2D eigenvalue weighted by atomic mass is 9.74. The molecule has 8 nitrogen and oxygen atoms in total. The van der Waals surface area contributed by atoms with Crippen LogP contribution in [0.15, 0.2) is 0 Å². The molecule has 0 heterocycles. The monoisotopic (exact) mass is 638 g/mol. The van der Waals surface area contributed by atoms with Crippen LogP contribution in [0.2, 0.25) is 0 Å². The summed E-state index contributed by atoms with van der Waals surface area (Å²) in [5.74, 6) is 4.73. The normalized spacial score (nSPS) is 26.5. The number of alkyl halides is 2. The molecular formula is C35H60F2N4O4. The Morgan fingerprint density at radius 1 is 0.889 bits per heavy atom. The molecule has 2 aliphatic carbocycles. The molecule has 0 saturated heterocycles. The molecule has 2 rings (SSSR count). The van der Waals surface area contributed by atoms with Crippen molar-refractivity contribution in [2.75, 3.05) is 26.2 Å². The van der Waals surface area contributed by atoms with Gasteiger partial charge < -0.3 is 15.3 Å². The fourth-order valence-electron chi connectivity index (χ4n) is 7.05. The molecule has 3 N–H and O–H groups in total. The van der Waals surface area contributed by atoms with Gasteiger partial charge in [-0.1, -0.05) is 34.6 Å². The largest absolute Gasteiger partial charge is 0.390 e. The van der Waals surface area contributed by atoms with E-state index >= 15 is 0 Å². The Hall–Kier alpha value is -2.25. The molecule has 0 aromatic heterocycles. The van der Waals surface area contributed by atoms with E-state index in [1.807, 2.05) is 39.5 Å². The topological polar surface area (TPSA) is 102 Å². The summed E-state index contributed by atoms with van der Waals surface area (Å²) in [6, 6.07) is -0.773. The van der Waals surface area contributed by atoms with Gasteiger partial charge in [0, 0.05) is 56.8 Å². The van der Waals surface area contributed by atoms with Crippen LogP contribution in [0.1, 0.15) is 112 Å². The molecule has 3 amide bonds. The van der Waals surface area contributed by atoms with Crippen LogP contribution >= 0.6 is 0 Å². The van der Waals surface area contributed by atoms with E-state index in [1.165, 1.54) is 0 Å². The van der Waals surface area contributed by atoms with Crippen LogP contribution in [0, 0.1) is 41.4 Å². The molecule has 0 spiro atoms. The summed E-state index contributed by atoms with van der Waals surface area (Å²) in [4.78, 5) is 41.9. The number of aliphatic hydroxyl groups excluding tert-OH is 1. The maximum atomic E-state index is 14.4. The maximum absolute atomic E-state index is 14.4. The fraction of sp³-hybridized carbons (Fsp3) is 0.857. The van der Waals surface area contributed by atoms with E-state index < -0.39 is 30.4 Å². The second kappa shape index (κ2) is 20.1. The standard InChI is InChI=1S/C35H60F2N4O4/c1-7-11-25-16-27(21-28(17-25)35(45)40(12-8-2)13-9-3)34(44)38-31(20-26-18-29(36)22-30(37)19-26)32(42)23-41(14-10-4)39-33(43)15-24(5)6/h24-32,42H,8-10,12-23H2,1-6H3,(H,38,44)(H,39,43). The molecule has 10 heteroatoms. The van der Waals surface area contributed by atoms with Crippen molar-refractivity contribution in [3.63, 3.8) is 0 Å². The number of halogens is 2. The Kier molecular flexibility index (Phi) is 17.4. The van der Waals surface area contributed by atoms with Crippen molar-refractivity contribution in [3.05, 3.63) is 0 Å². The number of nitrogens with one attached hydrogen (secondary N) is 2. The number of hydrazine groups is 1. The number of amides is 3. The van der Waals surface area contributed by atoms with Crippen molar-refractivity contribution in [1.82, 2.24) is 20.7 Å². The SMILES string of the molecule is CC#CC1CC(C(=O)NC(CC2CC(F)CC(F)C2)C(O)CN(CCC)NC(=O)CC(C)C)CC(C(=O)N(CCC)CCC)C1. The van der Waals surface area contributed by atoms with Gasteiger partial charge in [-0.05, 0) is 76.5 Å². The predicted octanol–water partition coefficient (Wildman–Crippen LogP) is 5.19. The van der Waals surface area contributed by atoms with Crippen LogP contribution in [0.5, 0.6) is 0 Å². The van der Waals surface area contributed by atoms with Crippen LogP contribution in [0.3, 0.4) is 0 Å². The highest BCUT2D eigenvalue weighted by molar-refractivity contribution is 5.83. The van der Waals surface area contributed by atoms with Gasteiger partial charge in [0.2, 0.25) is 17.7 Å². The quantitative estimate of drug-likeness (QED) is 0.150. The Morgan fingerprint density at radius 3 is 2.04 bits per heavy atom. The first-order chi connectivity index (χ1) is 21.4. The van der Waals surface area contributed by atoms with Gasteiger partial charge in [0.15, 0.2) is 0 Å². The summed E-state index contributed by atoms with van der Waals surface area (Å²) in [5, 5.41) is 16.2. The number of nitrogens with zero attached hydrogens (tertiary/aromatic N) is 2. The Morgan fingerprint density at radius 2 is 1.49 bits per heavy atom. The van der Waals surface area contributed by atoms with Gasteiger partial charge in [-0.15, -0.1) is 11.8 Å². The molecule has 0 aliphatic heterocycles. The number of hydrogen-bond donors (Lipinski definition) is 3. The average Bonchev–Trinajstić information content (AvgIpc) is 2.95. The van der Waals surface area contributed by atoms with Crippen molar-refractivity contribution in [2.45, 2.75) is 137 Å². The zero-order valence-electron chi connectivity index (χ0n) is 28.6. The minimum atomic E-state index is -1.26. The molecule has 2 aliphatic rings. The summed E-state index contributed by atoms with van der Waals surface area (Å²) in [6.07, 6.45) is 1.16. The Balaban J connectivity index is 2.27. The van der Waals surface area contributed by atoms with Gasteiger partial charge in [-0.3, -0.25) is 19.8 Å². The van der Waals surface area contributed by atoms with Gasteiger partial charge in [0.25, 0.3) is 0 Å². The van der Waals surface area contributed by atoms with E-state index in [2.05, 4.69) is 22.6 Å². The molecule has 2 saturated carbocycles. The highest BCUT2D eigenvalue weighted by Crippen LogP contribution is 2.36. The summed E-state index contributed by atoms with van der Waals surface area (Å²) in [5.41, 5.74) is 2.88. The summed E-state index contributed by atoms with van der Waals surface area (Å²) < 4.78 is 28.7. The van der Waals surface area contributed by atoms with E-state index in [0.717, 1.165) is 19.3 Å². The zero-order chi connectivity index (χ0) is 33.5. The molecule has 258 valence electrons. The van der Waals surface area contributed by atoms with Crippen LogP contribution in [-0.4, -0.2) is 83.4 Å². The number of hydrogen-bond acceptors (Lipinski definition) is 5. The van der Waals surface area contributed by atoms with Crippen LogP contribution in [-0.2, 0) is 14.4 Å². The number of rotatable bonds is 17. The summed E-state index contributed by atoms with van der Waals surface area (Å²) >= 11 is 0. The van der Waals surface area contributed by atoms with Gasteiger partial charge in [0.05, 0.1) is 12.1 Å². The Bertz CT molecular complexity index is 970. The lowest BCUT2D eigenvalue weighted by molar-refractivity contribution is -0.139. The molecule has 45 heavy (non-hydrogen) atoms. The van der Waals surface area contributed by atoms with Gasteiger partial charge in [-0.2, -0.15) is 0 Å². The zero-order valence-corrected chi connectivity index (χ0v) is 28.6. The first-order valence-corrected chi connectivity index (χ1v) is 17.4. The van der Waals surface area contributed by atoms with Gasteiger partial charge >= 0.3 is 0 Å². The molecule has 7 atom stereocenters. The maximum Gasteiger partial charge on any atom is 0.234 e. The van der Waals surface area contributed by atoms with E-state index in [4.69, 9.17) is 0 Å². The minimum absolute atomic E-state index is 0.0617. The molecule has 7 unspecified atom stereocenters. The lowest BCUT2D eigenvalue weighted by Gasteiger charge is -2.37. The van der Waals surface area contributed by atoms with Gasteiger partial charge in [-0.25, -0.2) is 13.8 Å². The molecule has 0 radical (unpaired) electrons. The highest BCUT2D eigenvalue weighted by atomic mass is 19.1. The lowest BCUT2D eigenvalue weighted by Crippen LogP contribution is -2.54. The first-order valence-electron chi connectivity index (χ1n) is 17.4. The van der Waals surface area contributed by atoms with Crippen LogP contribution in [0.4, 0.5) is 8.78 Å². The highest BCUT2D eigenvalue weighted by Gasteiger charge is 2.39. The van der Waals surface area contributed by atoms with Crippen molar-refractivity contribution in [1.29, 1.82) is 0 Å². The molecule has 0 aromatic carbocycles. The predicted molar refractivity (Wildman–Crippen MR) is 174 cm³/mol. The molecule has 0 bridgehead atoms. The molecular weight excluding hydrogens is 578 g/mol. The van der Waals surface area contributed by atoms with E-state index in [1.54, 1.807) is 11.9 Å².